The van der Waals surface area contributed by atoms with E-state index in [9.17, 15) is 8.42 Å². The lowest BCUT2D eigenvalue weighted by Crippen LogP contribution is -2.54. The zero-order valence-electron chi connectivity index (χ0n) is 13.4. The number of sulfonamides is 1. The summed E-state index contributed by atoms with van der Waals surface area (Å²) in [6, 6.07) is 10.3. The van der Waals surface area contributed by atoms with Gasteiger partial charge in [-0.1, -0.05) is 15.9 Å². The molecule has 0 N–H and O–H groups in total. The molecule has 25 heavy (non-hydrogen) atoms. The number of ether oxygens (including phenoxy) is 2. The summed E-state index contributed by atoms with van der Waals surface area (Å²) in [5.74, 6) is 1.12. The van der Waals surface area contributed by atoms with Gasteiger partial charge in [-0.15, -0.1) is 0 Å². The van der Waals surface area contributed by atoms with Gasteiger partial charge in [0, 0.05) is 36.6 Å². The van der Waals surface area contributed by atoms with Crippen molar-refractivity contribution >= 4 is 26.0 Å². The van der Waals surface area contributed by atoms with Gasteiger partial charge in [0.25, 0.3) is 5.88 Å². The van der Waals surface area contributed by atoms with Gasteiger partial charge in [-0.05, 0) is 36.4 Å². The van der Waals surface area contributed by atoms with Gasteiger partial charge >= 0.3 is 0 Å². The van der Waals surface area contributed by atoms with Crippen molar-refractivity contribution in [3.05, 3.63) is 47.1 Å². The Hall–Kier alpha value is -1.64. The van der Waals surface area contributed by atoms with Gasteiger partial charge < -0.3 is 9.47 Å². The molecule has 0 aliphatic carbocycles. The molecule has 1 spiro atoms. The third-order valence-electron chi connectivity index (χ3n) is 4.62. The van der Waals surface area contributed by atoms with Crippen LogP contribution in [0.3, 0.4) is 0 Å². The van der Waals surface area contributed by atoms with Crippen molar-refractivity contribution in [2.75, 3.05) is 19.7 Å². The highest BCUT2D eigenvalue weighted by atomic mass is 79.9. The van der Waals surface area contributed by atoms with Crippen LogP contribution in [-0.4, -0.2) is 43.0 Å². The highest BCUT2D eigenvalue weighted by Crippen LogP contribution is 2.38. The van der Waals surface area contributed by atoms with Crippen molar-refractivity contribution in [1.29, 1.82) is 0 Å². The van der Waals surface area contributed by atoms with Crippen LogP contribution in [0.5, 0.6) is 11.6 Å². The van der Waals surface area contributed by atoms with Crippen molar-refractivity contribution in [2.45, 2.75) is 23.3 Å². The molecule has 132 valence electrons. The predicted molar refractivity (Wildman–Crippen MR) is 95.2 cm³/mol. The monoisotopic (exact) mass is 424 g/mol. The molecule has 0 atom stereocenters. The normalized spacial score (nSPS) is 19.7. The number of nitrogens with zero attached hydrogens (tertiary/aromatic N) is 2. The molecule has 2 aromatic rings. The fourth-order valence-corrected chi connectivity index (χ4v) is 4.87. The summed E-state index contributed by atoms with van der Waals surface area (Å²) < 4.78 is 39.8. The van der Waals surface area contributed by atoms with Crippen LogP contribution in [0.4, 0.5) is 0 Å². The third-order valence-corrected chi connectivity index (χ3v) is 7.06. The summed E-state index contributed by atoms with van der Waals surface area (Å²) in [5, 5.41) is 0. The number of benzene rings is 1. The summed E-state index contributed by atoms with van der Waals surface area (Å²) in [5.41, 5.74) is -0.484. The maximum absolute atomic E-state index is 12.8. The first-order valence-corrected chi connectivity index (χ1v) is 10.2. The summed E-state index contributed by atoms with van der Waals surface area (Å²) in [4.78, 5) is 4.45. The number of piperidine rings is 1. The first-order valence-electron chi connectivity index (χ1n) is 8.01. The minimum absolute atomic E-state index is 0.307. The molecule has 2 aliphatic heterocycles. The highest BCUT2D eigenvalue weighted by molar-refractivity contribution is 9.10. The summed E-state index contributed by atoms with van der Waals surface area (Å²) >= 11 is 3.33. The van der Waals surface area contributed by atoms with Gasteiger partial charge in [0.2, 0.25) is 10.0 Å². The van der Waals surface area contributed by atoms with Gasteiger partial charge in [-0.25, -0.2) is 13.4 Å². The van der Waals surface area contributed by atoms with E-state index in [0.29, 0.717) is 49.1 Å². The molecule has 0 saturated carbocycles. The SMILES string of the molecule is O=S(=O)(c1ccc(Br)cc1)N1CCC2(CC1)COc1ncccc1O2. The Morgan fingerprint density at radius 3 is 2.56 bits per heavy atom. The van der Waals surface area contributed by atoms with Crippen LogP contribution >= 0.6 is 15.9 Å². The molecular weight excluding hydrogens is 408 g/mol. The van der Waals surface area contributed by atoms with E-state index < -0.39 is 15.6 Å². The number of fused-ring (bicyclic) bond motifs is 1. The Labute approximate surface area is 155 Å². The number of halogens is 1. The van der Waals surface area contributed by atoms with E-state index in [0.717, 1.165) is 4.47 Å². The lowest BCUT2D eigenvalue weighted by molar-refractivity contribution is -0.0433. The molecule has 3 heterocycles. The zero-order chi connectivity index (χ0) is 17.5. The topological polar surface area (TPSA) is 68.7 Å². The molecule has 4 rings (SSSR count). The van der Waals surface area contributed by atoms with Crippen LogP contribution in [0.25, 0.3) is 0 Å². The second-order valence-corrected chi connectivity index (χ2v) is 9.09. The molecular formula is C17H17BrN2O4S. The van der Waals surface area contributed by atoms with Crippen LogP contribution in [0.15, 0.2) is 52.0 Å². The molecule has 2 aliphatic rings. The molecule has 1 aromatic heterocycles. The Bertz CT molecular complexity index is 878. The van der Waals surface area contributed by atoms with Gasteiger partial charge in [0.05, 0.1) is 4.90 Å². The van der Waals surface area contributed by atoms with Gasteiger partial charge in [0.1, 0.15) is 12.2 Å². The molecule has 0 radical (unpaired) electrons. The molecule has 0 unspecified atom stereocenters. The quantitative estimate of drug-likeness (QED) is 0.741. The van der Waals surface area contributed by atoms with Gasteiger partial charge in [-0.3, -0.25) is 0 Å². The van der Waals surface area contributed by atoms with Crippen LogP contribution in [-0.2, 0) is 10.0 Å². The van der Waals surface area contributed by atoms with E-state index in [2.05, 4.69) is 20.9 Å². The average molecular weight is 425 g/mol. The lowest BCUT2D eigenvalue weighted by atomic mass is 9.92. The fourth-order valence-electron chi connectivity index (χ4n) is 3.16. The number of hydrogen-bond donors (Lipinski definition) is 0. The average Bonchev–Trinajstić information content (AvgIpc) is 2.62. The minimum atomic E-state index is -3.49. The Balaban J connectivity index is 1.49. The predicted octanol–water partition coefficient (Wildman–Crippen LogP) is 2.84. The zero-order valence-corrected chi connectivity index (χ0v) is 15.8. The van der Waals surface area contributed by atoms with Crippen molar-refractivity contribution in [3.63, 3.8) is 0 Å². The van der Waals surface area contributed by atoms with Crippen molar-refractivity contribution in [1.82, 2.24) is 9.29 Å². The van der Waals surface area contributed by atoms with E-state index in [1.54, 1.807) is 36.5 Å². The van der Waals surface area contributed by atoms with Crippen LogP contribution in [0.1, 0.15) is 12.8 Å². The smallest absolute Gasteiger partial charge is 0.257 e. The van der Waals surface area contributed by atoms with Crippen LogP contribution < -0.4 is 9.47 Å². The largest absolute Gasteiger partial charge is 0.478 e. The fraction of sp³-hybridized carbons (Fsp3) is 0.353. The maximum atomic E-state index is 12.8. The first kappa shape index (κ1) is 16.8. The standard InChI is InChI=1S/C17H17BrN2O4S/c18-13-3-5-14(6-4-13)25(21,22)20-10-7-17(8-11-20)12-23-16-15(24-17)2-1-9-19-16/h1-6,9H,7-8,10-12H2. The second-order valence-electron chi connectivity index (χ2n) is 6.24. The number of rotatable bonds is 2. The van der Waals surface area contributed by atoms with Crippen LogP contribution in [0, 0.1) is 0 Å². The van der Waals surface area contributed by atoms with E-state index in [1.807, 2.05) is 6.07 Å². The van der Waals surface area contributed by atoms with E-state index in [-0.39, 0.29) is 0 Å². The summed E-state index contributed by atoms with van der Waals surface area (Å²) in [6.07, 6.45) is 2.82. The minimum Gasteiger partial charge on any atom is -0.478 e. The van der Waals surface area contributed by atoms with Crippen molar-refractivity contribution < 1.29 is 17.9 Å². The molecule has 1 fully saturated rings. The van der Waals surface area contributed by atoms with Gasteiger partial charge in [0.15, 0.2) is 5.75 Å². The Morgan fingerprint density at radius 1 is 1.12 bits per heavy atom. The van der Waals surface area contributed by atoms with Crippen molar-refractivity contribution in [3.8, 4) is 11.6 Å². The molecule has 1 aromatic carbocycles. The summed E-state index contributed by atoms with van der Waals surface area (Å²) in [7, 11) is -3.49. The second kappa shape index (κ2) is 6.26. The van der Waals surface area contributed by atoms with Crippen LogP contribution in [0.2, 0.25) is 0 Å². The lowest BCUT2D eigenvalue weighted by Gasteiger charge is -2.43. The first-order chi connectivity index (χ1) is 12.0. The number of pyridine rings is 1. The third kappa shape index (κ3) is 3.14. The Morgan fingerprint density at radius 2 is 1.84 bits per heavy atom. The van der Waals surface area contributed by atoms with Crippen molar-refractivity contribution in [2.24, 2.45) is 0 Å². The molecule has 1 saturated heterocycles. The Kier molecular flexibility index (Phi) is 4.21. The summed E-state index contributed by atoms with van der Waals surface area (Å²) in [6.45, 7) is 1.19. The van der Waals surface area contributed by atoms with E-state index in [1.165, 1.54) is 4.31 Å². The number of aromatic nitrogens is 1. The van der Waals surface area contributed by atoms with Gasteiger partial charge in [-0.2, -0.15) is 4.31 Å². The molecule has 0 amide bonds. The molecule has 8 heteroatoms. The number of hydrogen-bond acceptors (Lipinski definition) is 5. The van der Waals surface area contributed by atoms with E-state index >= 15 is 0 Å². The highest BCUT2D eigenvalue weighted by Gasteiger charge is 2.43. The molecule has 6 nitrogen and oxygen atoms in total. The molecule has 0 bridgehead atoms. The maximum Gasteiger partial charge on any atom is 0.257 e. The van der Waals surface area contributed by atoms with E-state index in [4.69, 9.17) is 9.47 Å².